The van der Waals surface area contributed by atoms with Crippen molar-refractivity contribution in [3.63, 3.8) is 0 Å². The SMILES string of the molecule is CCCCCC(C)C(C)C1CC1. The maximum Gasteiger partial charge on any atom is -0.0386 e. The average Bonchev–Trinajstić information content (AvgIpc) is 2.86. The van der Waals surface area contributed by atoms with Gasteiger partial charge in [-0.25, -0.2) is 0 Å². The summed E-state index contributed by atoms with van der Waals surface area (Å²) in [7, 11) is 0. The zero-order chi connectivity index (χ0) is 8.97. The van der Waals surface area contributed by atoms with Gasteiger partial charge in [0.15, 0.2) is 0 Å². The summed E-state index contributed by atoms with van der Waals surface area (Å²) in [6.07, 6.45) is 8.74. The van der Waals surface area contributed by atoms with Crippen LogP contribution in [-0.4, -0.2) is 0 Å². The molecule has 0 saturated heterocycles. The molecule has 1 aliphatic carbocycles. The fourth-order valence-electron chi connectivity index (χ4n) is 2.07. The second-order valence-corrected chi connectivity index (χ2v) is 4.67. The van der Waals surface area contributed by atoms with Crippen LogP contribution >= 0.6 is 0 Å². The largest absolute Gasteiger partial charge is 0.0654 e. The molecule has 1 rings (SSSR count). The van der Waals surface area contributed by atoms with E-state index < -0.39 is 0 Å². The zero-order valence-electron chi connectivity index (χ0n) is 8.97. The van der Waals surface area contributed by atoms with Gasteiger partial charge in [0.05, 0.1) is 0 Å². The van der Waals surface area contributed by atoms with Crippen molar-refractivity contribution in [3.8, 4) is 0 Å². The highest BCUT2D eigenvalue weighted by Crippen LogP contribution is 2.41. The summed E-state index contributed by atoms with van der Waals surface area (Å²) in [5.74, 6) is 3.08. The molecule has 0 amide bonds. The monoisotopic (exact) mass is 168 g/mol. The Kier molecular flexibility index (Phi) is 4.11. The molecule has 0 aliphatic heterocycles. The molecule has 1 saturated carbocycles. The minimum atomic E-state index is 0.976. The smallest absolute Gasteiger partial charge is 0.0386 e. The van der Waals surface area contributed by atoms with Crippen molar-refractivity contribution in [1.82, 2.24) is 0 Å². The van der Waals surface area contributed by atoms with Crippen LogP contribution in [0.5, 0.6) is 0 Å². The quantitative estimate of drug-likeness (QED) is 0.520. The second kappa shape index (κ2) is 4.89. The summed E-state index contributed by atoms with van der Waals surface area (Å²) in [5.41, 5.74) is 0. The first-order valence-electron chi connectivity index (χ1n) is 5.75. The van der Waals surface area contributed by atoms with Crippen LogP contribution in [0, 0.1) is 17.8 Å². The average molecular weight is 168 g/mol. The summed E-state index contributed by atoms with van der Waals surface area (Å²) in [4.78, 5) is 0. The predicted molar refractivity (Wildman–Crippen MR) is 55.2 cm³/mol. The van der Waals surface area contributed by atoms with Crippen LogP contribution in [0.2, 0.25) is 0 Å². The van der Waals surface area contributed by atoms with E-state index in [0.717, 1.165) is 17.8 Å². The van der Waals surface area contributed by atoms with Gasteiger partial charge in [0.25, 0.3) is 0 Å². The molecule has 1 aliphatic rings. The third-order valence-electron chi connectivity index (χ3n) is 3.53. The Hall–Kier alpha value is 0. The van der Waals surface area contributed by atoms with Gasteiger partial charge < -0.3 is 0 Å². The van der Waals surface area contributed by atoms with E-state index in [1.165, 1.54) is 38.5 Å². The number of hydrogen-bond acceptors (Lipinski definition) is 0. The maximum absolute atomic E-state index is 2.45. The number of hydrogen-bond donors (Lipinski definition) is 0. The Morgan fingerprint density at radius 2 is 1.83 bits per heavy atom. The van der Waals surface area contributed by atoms with E-state index in [9.17, 15) is 0 Å². The first-order valence-corrected chi connectivity index (χ1v) is 5.75. The number of rotatable bonds is 6. The van der Waals surface area contributed by atoms with E-state index in [1.807, 2.05) is 0 Å². The summed E-state index contributed by atoms with van der Waals surface area (Å²) in [5, 5.41) is 0. The van der Waals surface area contributed by atoms with Gasteiger partial charge in [-0.1, -0.05) is 46.5 Å². The molecular formula is C12H24. The van der Waals surface area contributed by atoms with Crippen molar-refractivity contribution in [3.05, 3.63) is 0 Å². The van der Waals surface area contributed by atoms with E-state index >= 15 is 0 Å². The van der Waals surface area contributed by atoms with Gasteiger partial charge in [-0.05, 0) is 30.6 Å². The molecule has 2 atom stereocenters. The molecule has 2 unspecified atom stereocenters. The first kappa shape index (κ1) is 10.1. The van der Waals surface area contributed by atoms with Crippen molar-refractivity contribution >= 4 is 0 Å². The highest BCUT2D eigenvalue weighted by atomic mass is 14.4. The van der Waals surface area contributed by atoms with Crippen molar-refractivity contribution < 1.29 is 0 Å². The van der Waals surface area contributed by atoms with Gasteiger partial charge in [-0.2, -0.15) is 0 Å². The molecule has 0 heterocycles. The summed E-state index contributed by atoms with van der Waals surface area (Å²) in [6, 6.07) is 0. The van der Waals surface area contributed by atoms with Gasteiger partial charge in [-0.15, -0.1) is 0 Å². The van der Waals surface area contributed by atoms with Crippen LogP contribution in [0.15, 0.2) is 0 Å². The lowest BCUT2D eigenvalue weighted by Crippen LogP contribution is -2.09. The lowest BCUT2D eigenvalue weighted by molar-refractivity contribution is 0.318. The zero-order valence-corrected chi connectivity index (χ0v) is 8.97. The van der Waals surface area contributed by atoms with Crippen molar-refractivity contribution in [1.29, 1.82) is 0 Å². The predicted octanol–water partition coefficient (Wildman–Crippen LogP) is 4.25. The van der Waals surface area contributed by atoms with E-state index in [4.69, 9.17) is 0 Å². The van der Waals surface area contributed by atoms with E-state index in [1.54, 1.807) is 0 Å². The topological polar surface area (TPSA) is 0 Å². The van der Waals surface area contributed by atoms with Gasteiger partial charge in [0.2, 0.25) is 0 Å². The van der Waals surface area contributed by atoms with Crippen LogP contribution < -0.4 is 0 Å². The molecule has 0 aromatic heterocycles. The fourth-order valence-corrected chi connectivity index (χ4v) is 2.07. The molecule has 0 aromatic carbocycles. The van der Waals surface area contributed by atoms with E-state index in [2.05, 4.69) is 20.8 Å². The van der Waals surface area contributed by atoms with Gasteiger partial charge in [0, 0.05) is 0 Å². The normalized spacial score (nSPS) is 22.2. The van der Waals surface area contributed by atoms with Crippen LogP contribution in [0.4, 0.5) is 0 Å². The number of unbranched alkanes of at least 4 members (excludes halogenated alkanes) is 2. The molecule has 1 fully saturated rings. The highest BCUT2D eigenvalue weighted by molar-refractivity contribution is 4.81. The Bertz CT molecular complexity index is 113. The Labute approximate surface area is 77.7 Å². The van der Waals surface area contributed by atoms with Crippen LogP contribution in [0.3, 0.4) is 0 Å². The summed E-state index contributed by atoms with van der Waals surface area (Å²) >= 11 is 0. The molecule has 12 heavy (non-hydrogen) atoms. The summed E-state index contributed by atoms with van der Waals surface area (Å²) in [6.45, 7) is 7.18. The Morgan fingerprint density at radius 1 is 1.17 bits per heavy atom. The lowest BCUT2D eigenvalue weighted by atomic mass is 9.87. The van der Waals surface area contributed by atoms with Crippen molar-refractivity contribution in [2.45, 2.75) is 59.3 Å². The molecule has 0 aromatic rings. The molecule has 0 spiro atoms. The van der Waals surface area contributed by atoms with Crippen LogP contribution in [0.1, 0.15) is 59.3 Å². The van der Waals surface area contributed by atoms with Gasteiger partial charge in [0.1, 0.15) is 0 Å². The van der Waals surface area contributed by atoms with Crippen LogP contribution in [0.25, 0.3) is 0 Å². The van der Waals surface area contributed by atoms with Crippen molar-refractivity contribution in [2.24, 2.45) is 17.8 Å². The molecule has 0 bridgehead atoms. The van der Waals surface area contributed by atoms with E-state index in [-0.39, 0.29) is 0 Å². The van der Waals surface area contributed by atoms with Gasteiger partial charge in [-0.3, -0.25) is 0 Å². The Morgan fingerprint density at radius 3 is 2.33 bits per heavy atom. The molecular weight excluding hydrogens is 144 g/mol. The van der Waals surface area contributed by atoms with Crippen LogP contribution in [-0.2, 0) is 0 Å². The minimum absolute atomic E-state index is 0.976. The maximum atomic E-state index is 2.45. The molecule has 0 nitrogen and oxygen atoms in total. The van der Waals surface area contributed by atoms with Crippen molar-refractivity contribution in [2.75, 3.05) is 0 Å². The third-order valence-corrected chi connectivity index (χ3v) is 3.53. The van der Waals surface area contributed by atoms with Gasteiger partial charge >= 0.3 is 0 Å². The molecule has 0 heteroatoms. The second-order valence-electron chi connectivity index (χ2n) is 4.67. The summed E-state index contributed by atoms with van der Waals surface area (Å²) < 4.78 is 0. The molecule has 0 radical (unpaired) electrons. The Balaban J connectivity index is 2.04. The lowest BCUT2D eigenvalue weighted by Gasteiger charge is -2.18. The molecule has 72 valence electrons. The fraction of sp³-hybridized carbons (Fsp3) is 1.00. The standard InChI is InChI=1S/C12H24/c1-4-5-6-7-10(2)11(3)12-8-9-12/h10-12H,4-9H2,1-3H3. The van der Waals surface area contributed by atoms with E-state index in [0.29, 0.717) is 0 Å². The highest BCUT2D eigenvalue weighted by Gasteiger charge is 2.30. The minimum Gasteiger partial charge on any atom is -0.0654 e. The first-order chi connectivity index (χ1) is 5.75. The molecule has 0 N–H and O–H groups in total. The third kappa shape index (κ3) is 3.16.